The number of hydrogen-bond acceptors (Lipinski definition) is 3. The number of amides is 1. The summed E-state index contributed by atoms with van der Waals surface area (Å²) in [6.07, 6.45) is 1.81. The largest absolute Gasteiger partial charge is 0.409 e. The lowest BCUT2D eigenvalue weighted by Gasteiger charge is -2.15. The molecule has 0 aromatic rings. The van der Waals surface area contributed by atoms with E-state index in [1.165, 1.54) is 0 Å². The Kier molecular flexibility index (Phi) is 5.67. The number of nitrogens with one attached hydrogen (secondary N) is 1. The lowest BCUT2D eigenvalue weighted by molar-refractivity contribution is -0.124. The molecule has 4 N–H and O–H groups in total. The second-order valence-electron chi connectivity index (χ2n) is 3.44. The molecule has 5 heteroatoms. The van der Waals surface area contributed by atoms with E-state index in [0.717, 1.165) is 12.8 Å². The van der Waals surface area contributed by atoms with E-state index in [0.29, 0.717) is 0 Å². The van der Waals surface area contributed by atoms with Crippen molar-refractivity contribution in [3.63, 3.8) is 0 Å². The molecule has 0 spiro atoms. The van der Waals surface area contributed by atoms with Gasteiger partial charge in [0.15, 0.2) is 5.84 Å². The summed E-state index contributed by atoms with van der Waals surface area (Å²) in [5, 5.41) is 13.9. The Hall–Kier alpha value is -1.26. The minimum atomic E-state index is -0.424. The highest BCUT2D eigenvalue weighted by atomic mass is 16.4. The number of oxime groups is 1. The fraction of sp³-hybridized carbons (Fsp3) is 0.778. The van der Waals surface area contributed by atoms with Crippen molar-refractivity contribution < 1.29 is 10.0 Å². The highest BCUT2D eigenvalue weighted by Gasteiger charge is 2.16. The summed E-state index contributed by atoms with van der Waals surface area (Å²) in [5.74, 6) is -0.0815. The molecule has 0 fully saturated rings. The summed E-state index contributed by atoms with van der Waals surface area (Å²) in [6, 6.07) is -0.424. The first-order chi connectivity index (χ1) is 6.52. The molecule has 0 saturated heterocycles. The molecule has 0 aliphatic rings. The Labute approximate surface area is 84.4 Å². The van der Waals surface area contributed by atoms with E-state index in [9.17, 15) is 4.79 Å². The summed E-state index contributed by atoms with van der Waals surface area (Å²) >= 11 is 0. The summed E-state index contributed by atoms with van der Waals surface area (Å²) in [6.45, 7) is 5.56. The molecule has 0 saturated carbocycles. The van der Waals surface area contributed by atoms with Gasteiger partial charge in [-0.25, -0.2) is 0 Å². The van der Waals surface area contributed by atoms with E-state index in [2.05, 4.69) is 10.5 Å². The fourth-order valence-electron chi connectivity index (χ4n) is 1.08. The van der Waals surface area contributed by atoms with Crippen molar-refractivity contribution in [3.8, 4) is 0 Å². The zero-order valence-corrected chi connectivity index (χ0v) is 8.95. The maximum absolute atomic E-state index is 11.5. The van der Waals surface area contributed by atoms with Gasteiger partial charge in [0.1, 0.15) is 0 Å². The number of hydrogen-bond donors (Lipinski definition) is 3. The van der Waals surface area contributed by atoms with Crippen molar-refractivity contribution in [1.29, 1.82) is 0 Å². The zero-order chi connectivity index (χ0) is 11.1. The lowest BCUT2D eigenvalue weighted by Crippen LogP contribution is -2.44. The molecule has 0 radical (unpaired) electrons. The van der Waals surface area contributed by atoms with Crippen LogP contribution < -0.4 is 11.1 Å². The van der Waals surface area contributed by atoms with E-state index >= 15 is 0 Å². The van der Waals surface area contributed by atoms with Crippen LogP contribution in [0.2, 0.25) is 0 Å². The average molecular weight is 201 g/mol. The molecule has 0 rings (SSSR count). The zero-order valence-electron chi connectivity index (χ0n) is 8.95. The number of nitrogens with two attached hydrogens (primary N) is 1. The predicted molar refractivity (Wildman–Crippen MR) is 55.1 cm³/mol. The van der Waals surface area contributed by atoms with Gasteiger partial charge in [-0.05, 0) is 13.3 Å². The Morgan fingerprint density at radius 2 is 2.14 bits per heavy atom. The SMILES string of the molecule is CCCC(C)C(=O)NC(C)/C(N)=N/O. The number of carbonyl (C=O) groups is 1. The predicted octanol–water partition coefficient (Wildman–Crippen LogP) is 0.674. The van der Waals surface area contributed by atoms with Crippen LogP contribution in [0.4, 0.5) is 0 Å². The van der Waals surface area contributed by atoms with Crippen LogP contribution in [0.3, 0.4) is 0 Å². The highest BCUT2D eigenvalue weighted by Crippen LogP contribution is 2.04. The maximum atomic E-state index is 11.5. The van der Waals surface area contributed by atoms with Gasteiger partial charge in [0.25, 0.3) is 0 Å². The average Bonchev–Trinajstić information content (AvgIpc) is 2.16. The van der Waals surface area contributed by atoms with Gasteiger partial charge in [0.2, 0.25) is 5.91 Å². The topological polar surface area (TPSA) is 87.7 Å². The van der Waals surface area contributed by atoms with Crippen molar-refractivity contribution in [2.75, 3.05) is 0 Å². The van der Waals surface area contributed by atoms with Crippen molar-refractivity contribution in [2.24, 2.45) is 16.8 Å². The van der Waals surface area contributed by atoms with Crippen LogP contribution in [0.1, 0.15) is 33.6 Å². The van der Waals surface area contributed by atoms with Gasteiger partial charge >= 0.3 is 0 Å². The second-order valence-corrected chi connectivity index (χ2v) is 3.44. The van der Waals surface area contributed by atoms with Gasteiger partial charge in [-0.3, -0.25) is 4.79 Å². The first-order valence-corrected chi connectivity index (χ1v) is 4.80. The molecule has 0 aromatic carbocycles. The molecule has 14 heavy (non-hydrogen) atoms. The first-order valence-electron chi connectivity index (χ1n) is 4.80. The first kappa shape index (κ1) is 12.7. The molecule has 0 heterocycles. The molecule has 2 atom stereocenters. The number of rotatable bonds is 5. The van der Waals surface area contributed by atoms with Gasteiger partial charge in [-0.15, -0.1) is 0 Å². The van der Waals surface area contributed by atoms with Crippen molar-refractivity contribution in [3.05, 3.63) is 0 Å². The van der Waals surface area contributed by atoms with Crippen LogP contribution in [0, 0.1) is 5.92 Å². The molecule has 5 nitrogen and oxygen atoms in total. The van der Waals surface area contributed by atoms with Crippen LogP contribution in [-0.2, 0) is 4.79 Å². The third kappa shape index (κ3) is 4.11. The molecular formula is C9H19N3O2. The Morgan fingerprint density at radius 3 is 2.57 bits per heavy atom. The van der Waals surface area contributed by atoms with Crippen LogP contribution in [0.15, 0.2) is 5.16 Å². The molecule has 1 amide bonds. The third-order valence-electron chi connectivity index (χ3n) is 2.09. The molecule has 0 aromatic heterocycles. The summed E-state index contributed by atoms with van der Waals surface area (Å²) < 4.78 is 0. The van der Waals surface area contributed by atoms with E-state index < -0.39 is 6.04 Å². The van der Waals surface area contributed by atoms with Gasteiger partial charge in [-0.1, -0.05) is 25.4 Å². The number of nitrogens with zero attached hydrogens (tertiary/aromatic N) is 1. The Morgan fingerprint density at radius 1 is 1.57 bits per heavy atom. The van der Waals surface area contributed by atoms with Gasteiger partial charge in [0.05, 0.1) is 6.04 Å². The molecule has 0 aliphatic carbocycles. The maximum Gasteiger partial charge on any atom is 0.223 e. The molecule has 0 aliphatic heterocycles. The minimum absolute atomic E-state index is 0.0158. The standard InChI is InChI=1S/C9H19N3O2/c1-4-5-6(2)9(13)11-7(3)8(10)12-14/h6-7,14H,4-5H2,1-3H3,(H2,10,12)(H,11,13). The monoisotopic (exact) mass is 201 g/mol. The van der Waals surface area contributed by atoms with Crippen molar-refractivity contribution >= 4 is 11.7 Å². The molecule has 82 valence electrons. The third-order valence-corrected chi connectivity index (χ3v) is 2.09. The highest BCUT2D eigenvalue weighted by molar-refractivity contribution is 5.90. The minimum Gasteiger partial charge on any atom is -0.409 e. The van der Waals surface area contributed by atoms with Crippen molar-refractivity contribution in [1.82, 2.24) is 5.32 Å². The quantitative estimate of drug-likeness (QED) is 0.264. The van der Waals surface area contributed by atoms with E-state index in [4.69, 9.17) is 10.9 Å². The van der Waals surface area contributed by atoms with E-state index in [1.807, 2.05) is 13.8 Å². The van der Waals surface area contributed by atoms with Gasteiger partial charge in [0, 0.05) is 5.92 Å². The number of amidine groups is 1. The van der Waals surface area contributed by atoms with Crippen LogP contribution >= 0.6 is 0 Å². The van der Waals surface area contributed by atoms with Crippen LogP contribution in [0.25, 0.3) is 0 Å². The van der Waals surface area contributed by atoms with Crippen molar-refractivity contribution in [2.45, 2.75) is 39.7 Å². The smallest absolute Gasteiger partial charge is 0.223 e. The molecule has 2 unspecified atom stereocenters. The van der Waals surface area contributed by atoms with Gasteiger partial charge in [-0.2, -0.15) is 0 Å². The summed E-state index contributed by atoms with van der Waals surface area (Å²) in [5.41, 5.74) is 5.32. The molecule has 0 bridgehead atoms. The Bertz CT molecular complexity index is 216. The summed E-state index contributed by atoms with van der Waals surface area (Å²) in [7, 11) is 0. The number of carbonyl (C=O) groups excluding carboxylic acids is 1. The van der Waals surface area contributed by atoms with Crippen LogP contribution in [0.5, 0.6) is 0 Å². The Balaban J connectivity index is 4.05. The van der Waals surface area contributed by atoms with E-state index in [1.54, 1.807) is 6.92 Å². The second kappa shape index (κ2) is 6.23. The van der Waals surface area contributed by atoms with Gasteiger partial charge < -0.3 is 16.3 Å². The molecular weight excluding hydrogens is 182 g/mol. The normalized spacial score (nSPS) is 16.1. The van der Waals surface area contributed by atoms with Crippen LogP contribution in [-0.4, -0.2) is 23.0 Å². The fourth-order valence-corrected chi connectivity index (χ4v) is 1.08. The lowest BCUT2D eigenvalue weighted by atomic mass is 10.1. The summed E-state index contributed by atoms with van der Waals surface area (Å²) in [4.78, 5) is 11.5. The van der Waals surface area contributed by atoms with E-state index in [-0.39, 0.29) is 17.7 Å².